The largest absolute Gasteiger partial charge is 0.490 e. The van der Waals surface area contributed by atoms with E-state index < -0.39 is 23.4 Å². The van der Waals surface area contributed by atoms with E-state index in [2.05, 4.69) is 11.9 Å². The van der Waals surface area contributed by atoms with Crippen molar-refractivity contribution in [3.05, 3.63) is 149 Å². The Bertz CT molecular complexity index is 1830. The molecule has 7 rings (SSSR count). The number of nitrogens with one attached hydrogen (secondary N) is 1. The van der Waals surface area contributed by atoms with Crippen LogP contribution in [0.3, 0.4) is 0 Å². The van der Waals surface area contributed by atoms with Crippen molar-refractivity contribution in [2.24, 2.45) is 5.92 Å². The minimum absolute atomic E-state index is 0.267. The number of ether oxygens (including phenoxy) is 1. The van der Waals surface area contributed by atoms with Crippen molar-refractivity contribution in [3.63, 3.8) is 0 Å². The summed E-state index contributed by atoms with van der Waals surface area (Å²) < 4.78 is 5.75. The number of ketones is 2. The Kier molecular flexibility index (Phi) is 6.51. The van der Waals surface area contributed by atoms with Gasteiger partial charge >= 0.3 is 0 Å². The summed E-state index contributed by atoms with van der Waals surface area (Å²) in [4.78, 5) is 46.0. The molecule has 0 aliphatic carbocycles. The minimum atomic E-state index is -1.40. The van der Waals surface area contributed by atoms with E-state index >= 15 is 0 Å². The van der Waals surface area contributed by atoms with E-state index in [-0.39, 0.29) is 24.1 Å². The summed E-state index contributed by atoms with van der Waals surface area (Å²) in [5.74, 6) is -1.47. The number of hydrogen-bond donors (Lipinski definition) is 1. The summed E-state index contributed by atoms with van der Waals surface area (Å²) in [6.07, 6.45) is 5.43. The average Bonchev–Trinajstić information content (AvgIpc) is 3.52. The van der Waals surface area contributed by atoms with Crippen molar-refractivity contribution < 1.29 is 19.1 Å². The third-order valence-corrected chi connectivity index (χ3v) is 8.99. The maximum atomic E-state index is 15.0. The molecule has 1 N–H and O–H groups in total. The molecule has 0 unspecified atom stereocenters. The lowest BCUT2D eigenvalue weighted by molar-refractivity contribution is -0.122. The van der Waals surface area contributed by atoms with Gasteiger partial charge in [-0.2, -0.15) is 0 Å². The second-order valence-corrected chi connectivity index (χ2v) is 11.4. The van der Waals surface area contributed by atoms with Gasteiger partial charge in [0.2, 0.25) is 5.91 Å². The van der Waals surface area contributed by atoms with Crippen LogP contribution < -0.4 is 10.1 Å². The number of nitrogens with zero attached hydrogens (tertiary/aromatic N) is 1. The van der Waals surface area contributed by atoms with Crippen LogP contribution in [0.4, 0.5) is 5.69 Å². The molecular weight excluding hydrogens is 560 g/mol. The molecule has 4 aromatic rings. The molecule has 3 aliphatic heterocycles. The number of Topliss-reactive ketones (excluding diaryl/α,β-unsaturated/α-hetero) is 2. The maximum Gasteiger partial charge on any atom is 0.238 e. The number of halogens is 1. The summed E-state index contributed by atoms with van der Waals surface area (Å²) in [6.45, 7) is 3.98. The van der Waals surface area contributed by atoms with E-state index in [4.69, 9.17) is 16.3 Å². The summed E-state index contributed by atoms with van der Waals surface area (Å²) >= 11 is 6.17. The van der Waals surface area contributed by atoms with Crippen molar-refractivity contribution in [3.8, 4) is 5.75 Å². The fourth-order valence-electron chi connectivity index (χ4n) is 7.03. The van der Waals surface area contributed by atoms with Crippen LogP contribution in [0.2, 0.25) is 5.02 Å². The maximum absolute atomic E-state index is 15.0. The standard InChI is InChI=1S/C36H27ClN2O4/c1-2-20-43-26-10-7-9-24(21-26)32(40)30-31(33(41)23-14-16-25(37)17-15-23)39-19-18-22-8-3-4-11-27(22)34(39)36(30)28-12-5-6-13-29(28)38-35(36)42/h2-19,21,30-31,34H,1,20H2,(H,38,42)/t30-,31+,34-,36-/m0/s1. The predicted molar refractivity (Wildman–Crippen MR) is 166 cm³/mol. The molecule has 1 spiro atoms. The van der Waals surface area contributed by atoms with Crippen molar-refractivity contribution in [2.75, 3.05) is 11.9 Å². The minimum Gasteiger partial charge on any atom is -0.490 e. The van der Waals surface area contributed by atoms with Crippen LogP contribution in [0.1, 0.15) is 43.4 Å². The molecule has 0 saturated carbocycles. The number of carbonyl (C=O) groups is 3. The Morgan fingerprint density at radius 1 is 0.930 bits per heavy atom. The Labute approximate surface area is 254 Å². The predicted octanol–water partition coefficient (Wildman–Crippen LogP) is 6.89. The molecule has 6 nitrogen and oxygen atoms in total. The molecule has 212 valence electrons. The molecule has 0 aromatic heterocycles. The van der Waals surface area contributed by atoms with Crippen molar-refractivity contribution in [1.29, 1.82) is 0 Å². The van der Waals surface area contributed by atoms with Gasteiger partial charge in [-0.1, -0.05) is 78.9 Å². The second-order valence-electron chi connectivity index (χ2n) is 10.9. The average molecular weight is 587 g/mol. The van der Waals surface area contributed by atoms with Crippen LogP contribution in [-0.4, -0.2) is 35.0 Å². The first kappa shape index (κ1) is 26.9. The number of anilines is 1. The molecule has 7 heteroatoms. The highest BCUT2D eigenvalue weighted by Crippen LogP contribution is 2.62. The van der Waals surface area contributed by atoms with Gasteiger partial charge in [0.05, 0.1) is 12.0 Å². The van der Waals surface area contributed by atoms with Gasteiger partial charge in [0, 0.05) is 28.0 Å². The van der Waals surface area contributed by atoms with Crippen molar-refractivity contribution in [2.45, 2.75) is 17.5 Å². The van der Waals surface area contributed by atoms with Gasteiger partial charge in [0.25, 0.3) is 0 Å². The third kappa shape index (κ3) is 4.05. The highest BCUT2D eigenvalue weighted by Gasteiger charge is 2.70. The number of amides is 1. The molecule has 1 amide bonds. The molecule has 4 aromatic carbocycles. The molecule has 1 saturated heterocycles. The molecule has 3 heterocycles. The molecular formula is C36H27ClN2O4. The van der Waals surface area contributed by atoms with E-state index in [0.717, 1.165) is 11.1 Å². The van der Waals surface area contributed by atoms with Gasteiger partial charge < -0.3 is 15.0 Å². The van der Waals surface area contributed by atoms with Crippen molar-refractivity contribution in [1.82, 2.24) is 4.90 Å². The third-order valence-electron chi connectivity index (χ3n) is 8.74. The zero-order valence-corrected chi connectivity index (χ0v) is 23.8. The number of benzene rings is 4. The number of carbonyl (C=O) groups excluding carboxylic acids is 3. The summed E-state index contributed by atoms with van der Waals surface area (Å²) in [7, 11) is 0. The van der Waals surface area contributed by atoms with Gasteiger partial charge in [-0.25, -0.2) is 0 Å². The highest BCUT2D eigenvalue weighted by atomic mass is 35.5. The lowest BCUT2D eigenvalue weighted by Gasteiger charge is -2.38. The van der Waals surface area contributed by atoms with E-state index in [0.29, 0.717) is 33.1 Å². The Morgan fingerprint density at radius 3 is 2.51 bits per heavy atom. The lowest BCUT2D eigenvalue weighted by Crippen LogP contribution is -2.49. The molecule has 43 heavy (non-hydrogen) atoms. The fraction of sp³-hybridized carbons (Fsp3) is 0.139. The SMILES string of the molecule is C=CCOc1cccc(C(=O)[C@@H]2[C@H](C(=O)c3ccc(Cl)cc3)N3C=Cc4ccccc4[C@H]3[C@@]23C(=O)Nc2ccccc23)c1. The number of hydrogen-bond acceptors (Lipinski definition) is 5. The van der Waals surface area contributed by atoms with Crippen LogP contribution in [0.5, 0.6) is 5.75 Å². The Morgan fingerprint density at radius 2 is 1.70 bits per heavy atom. The lowest BCUT2D eigenvalue weighted by atomic mass is 9.62. The molecule has 1 fully saturated rings. The van der Waals surface area contributed by atoms with E-state index in [9.17, 15) is 14.4 Å². The Balaban J connectivity index is 1.50. The zero-order chi connectivity index (χ0) is 29.7. The van der Waals surface area contributed by atoms with Crippen molar-refractivity contribution >= 4 is 40.8 Å². The van der Waals surface area contributed by atoms with E-state index in [1.165, 1.54) is 0 Å². The van der Waals surface area contributed by atoms with Crippen LogP contribution >= 0.6 is 11.6 Å². The topological polar surface area (TPSA) is 75.7 Å². The highest BCUT2D eigenvalue weighted by molar-refractivity contribution is 6.30. The second kappa shape index (κ2) is 10.4. The van der Waals surface area contributed by atoms with Crippen LogP contribution in [0, 0.1) is 5.92 Å². The first-order chi connectivity index (χ1) is 20.9. The summed E-state index contributed by atoms with van der Waals surface area (Å²) in [6, 6.07) is 27.2. The number of rotatable bonds is 7. The van der Waals surface area contributed by atoms with Gasteiger partial charge in [0.15, 0.2) is 11.6 Å². The van der Waals surface area contributed by atoms with Crippen LogP contribution in [0.15, 0.2) is 116 Å². The molecule has 0 bridgehead atoms. The first-order valence-corrected chi connectivity index (χ1v) is 14.5. The smallest absolute Gasteiger partial charge is 0.238 e. The summed E-state index contributed by atoms with van der Waals surface area (Å²) in [5.41, 5.74) is 2.51. The number of para-hydroxylation sites is 1. The first-order valence-electron chi connectivity index (χ1n) is 14.1. The van der Waals surface area contributed by atoms with E-state index in [1.807, 2.05) is 65.7 Å². The monoisotopic (exact) mass is 586 g/mol. The van der Waals surface area contributed by atoms with E-state index in [1.54, 1.807) is 54.6 Å². The molecule has 3 aliphatic rings. The summed E-state index contributed by atoms with van der Waals surface area (Å²) in [5, 5.41) is 3.57. The van der Waals surface area contributed by atoms with Gasteiger partial charge in [-0.05, 0) is 65.2 Å². The number of fused-ring (bicyclic) bond motifs is 6. The molecule has 0 radical (unpaired) electrons. The fourth-order valence-corrected chi connectivity index (χ4v) is 7.15. The van der Waals surface area contributed by atoms with Gasteiger partial charge in [-0.15, -0.1) is 0 Å². The normalized spacial score (nSPS) is 22.9. The van der Waals surface area contributed by atoms with Gasteiger partial charge in [-0.3, -0.25) is 14.4 Å². The zero-order valence-electron chi connectivity index (χ0n) is 23.1. The van der Waals surface area contributed by atoms with Gasteiger partial charge in [0.1, 0.15) is 23.8 Å². The molecule has 4 atom stereocenters. The quantitative estimate of drug-likeness (QED) is 0.189. The van der Waals surface area contributed by atoms with Crippen LogP contribution in [-0.2, 0) is 10.2 Å². The van der Waals surface area contributed by atoms with Crippen LogP contribution in [0.25, 0.3) is 6.08 Å². The Hall–Kier alpha value is -4.94.